The van der Waals surface area contributed by atoms with Crippen LogP contribution in [0.4, 0.5) is 0 Å². The zero-order valence-corrected chi connectivity index (χ0v) is 25.8. The molecule has 11 heteroatoms. The Morgan fingerprint density at radius 2 is 2.02 bits per heavy atom. The molecule has 1 fully saturated rings. The highest BCUT2D eigenvalue weighted by atomic mass is 16.6. The average molecular weight is 601 g/mol. The number of ketones is 2. The summed E-state index contributed by atoms with van der Waals surface area (Å²) in [5.74, 6) is -1.97. The third-order valence-electron chi connectivity index (χ3n) is 8.44. The number of aliphatic hydroxyl groups is 1. The summed E-state index contributed by atoms with van der Waals surface area (Å²) in [6.07, 6.45) is 2.84. The Kier molecular flexibility index (Phi) is 12.4. The third kappa shape index (κ3) is 8.95. The SMILES string of the molecule is C=CCOC(=O)CC(O)CC(=O)CCC1C(C)C(=O)C=C2/C(=N/OCc3c(C)noc3C)CCC(OC(=O)C(C)CC)C21. The van der Waals surface area contributed by atoms with Crippen LogP contribution in [0.15, 0.2) is 34.0 Å². The molecule has 11 nitrogen and oxygen atoms in total. The molecular weight excluding hydrogens is 556 g/mol. The molecule has 0 spiro atoms. The largest absolute Gasteiger partial charge is 0.461 e. The van der Waals surface area contributed by atoms with Crippen LogP contribution < -0.4 is 0 Å². The first kappa shape index (κ1) is 33.9. The molecule has 0 aliphatic heterocycles. The molecule has 0 radical (unpaired) electrons. The van der Waals surface area contributed by atoms with Crippen molar-refractivity contribution in [2.45, 2.75) is 98.4 Å². The number of nitrogens with zero attached hydrogens (tertiary/aromatic N) is 2. The number of oxime groups is 1. The van der Waals surface area contributed by atoms with Gasteiger partial charge in [0.25, 0.3) is 0 Å². The second-order valence-corrected chi connectivity index (χ2v) is 11.5. The highest BCUT2D eigenvalue weighted by Crippen LogP contribution is 2.44. The number of rotatable bonds is 15. The van der Waals surface area contributed by atoms with Gasteiger partial charge in [-0.05, 0) is 57.1 Å². The van der Waals surface area contributed by atoms with E-state index in [0.717, 1.165) is 5.56 Å². The van der Waals surface area contributed by atoms with Crippen molar-refractivity contribution in [3.63, 3.8) is 0 Å². The molecule has 6 unspecified atom stereocenters. The monoisotopic (exact) mass is 600 g/mol. The number of carbonyl (C=O) groups is 4. The van der Waals surface area contributed by atoms with Gasteiger partial charge in [-0.1, -0.05) is 43.7 Å². The fourth-order valence-corrected chi connectivity index (χ4v) is 5.63. The summed E-state index contributed by atoms with van der Waals surface area (Å²) in [4.78, 5) is 56.3. The molecule has 0 saturated heterocycles. The number of carbonyl (C=O) groups excluding carboxylic acids is 4. The number of aryl methyl sites for hydroxylation is 2. The molecule has 236 valence electrons. The third-order valence-corrected chi connectivity index (χ3v) is 8.44. The summed E-state index contributed by atoms with van der Waals surface area (Å²) in [6, 6.07) is 0. The molecule has 3 rings (SSSR count). The van der Waals surface area contributed by atoms with Crippen LogP contribution in [0.1, 0.15) is 82.7 Å². The van der Waals surface area contributed by atoms with E-state index in [2.05, 4.69) is 16.9 Å². The van der Waals surface area contributed by atoms with Crippen molar-refractivity contribution in [3.05, 3.63) is 41.3 Å². The number of Topliss-reactive ketones (excluding diaryl/α,β-unsaturated/α-hetero) is 1. The molecule has 1 N–H and O–H groups in total. The predicted octanol–water partition coefficient (Wildman–Crippen LogP) is 4.51. The second-order valence-electron chi connectivity index (χ2n) is 11.5. The van der Waals surface area contributed by atoms with E-state index in [0.29, 0.717) is 48.4 Å². The maximum atomic E-state index is 13.2. The van der Waals surface area contributed by atoms with Crippen molar-refractivity contribution in [1.29, 1.82) is 0 Å². The molecule has 6 atom stereocenters. The summed E-state index contributed by atoms with van der Waals surface area (Å²) in [5.41, 5.74) is 2.78. The number of esters is 2. The minimum atomic E-state index is -1.17. The molecule has 1 aromatic heterocycles. The van der Waals surface area contributed by atoms with Gasteiger partial charge in [-0.15, -0.1) is 0 Å². The number of aromatic nitrogens is 1. The number of allylic oxidation sites excluding steroid dienone is 1. The standard InChI is InChI=1S/C32H44N2O9/c1-7-13-40-30(38)15-23(36)14-22(35)9-10-24-19(4)28(37)16-25-27(34-41-17-26-20(5)33-43-21(26)6)11-12-29(31(24)25)42-32(39)18(3)8-2/h7,16,18-19,23-24,29,31,36H,1,8-15,17H2,2-6H3/b34-27+. The lowest BCUT2D eigenvalue weighted by Gasteiger charge is -2.43. The van der Waals surface area contributed by atoms with Crippen molar-refractivity contribution in [3.8, 4) is 0 Å². The first-order valence-corrected chi connectivity index (χ1v) is 15.0. The van der Waals surface area contributed by atoms with Gasteiger partial charge >= 0.3 is 11.9 Å². The van der Waals surface area contributed by atoms with Gasteiger partial charge in [0.15, 0.2) is 5.78 Å². The van der Waals surface area contributed by atoms with Gasteiger partial charge in [-0.3, -0.25) is 19.2 Å². The zero-order chi connectivity index (χ0) is 31.7. The number of hydrogen-bond acceptors (Lipinski definition) is 11. The quantitative estimate of drug-likeness (QED) is 0.173. The Morgan fingerprint density at radius 1 is 1.28 bits per heavy atom. The van der Waals surface area contributed by atoms with E-state index >= 15 is 0 Å². The van der Waals surface area contributed by atoms with Crippen LogP contribution in [-0.4, -0.2) is 58.3 Å². The van der Waals surface area contributed by atoms with Gasteiger partial charge in [-0.25, -0.2) is 0 Å². The van der Waals surface area contributed by atoms with E-state index in [1.807, 2.05) is 27.7 Å². The normalized spacial score (nSPS) is 24.0. The minimum Gasteiger partial charge on any atom is -0.461 e. The van der Waals surface area contributed by atoms with E-state index < -0.39 is 24.1 Å². The van der Waals surface area contributed by atoms with E-state index in [9.17, 15) is 24.3 Å². The van der Waals surface area contributed by atoms with Gasteiger partial charge in [-0.2, -0.15) is 0 Å². The Morgan fingerprint density at radius 3 is 2.67 bits per heavy atom. The molecule has 1 saturated carbocycles. The van der Waals surface area contributed by atoms with Crippen LogP contribution in [0.25, 0.3) is 0 Å². The Balaban J connectivity index is 1.79. The molecule has 2 aliphatic carbocycles. The fourth-order valence-electron chi connectivity index (χ4n) is 5.63. The van der Waals surface area contributed by atoms with Gasteiger partial charge in [0, 0.05) is 24.7 Å². The summed E-state index contributed by atoms with van der Waals surface area (Å²) in [5, 5.41) is 18.6. The Bertz CT molecular complexity index is 1230. The summed E-state index contributed by atoms with van der Waals surface area (Å²) >= 11 is 0. The maximum absolute atomic E-state index is 13.2. The predicted molar refractivity (Wildman–Crippen MR) is 157 cm³/mol. The number of fused-ring (bicyclic) bond motifs is 1. The number of ether oxygens (including phenoxy) is 2. The van der Waals surface area contributed by atoms with Gasteiger partial charge in [0.2, 0.25) is 0 Å². The first-order valence-electron chi connectivity index (χ1n) is 15.0. The van der Waals surface area contributed by atoms with Crippen molar-refractivity contribution in [1.82, 2.24) is 5.16 Å². The molecule has 1 aromatic rings. The lowest BCUT2D eigenvalue weighted by Crippen LogP contribution is -2.46. The zero-order valence-electron chi connectivity index (χ0n) is 25.8. The van der Waals surface area contributed by atoms with Crippen LogP contribution in [0.2, 0.25) is 0 Å². The van der Waals surface area contributed by atoms with Crippen molar-refractivity contribution in [2.24, 2.45) is 28.8 Å². The lowest BCUT2D eigenvalue weighted by atomic mass is 9.63. The highest BCUT2D eigenvalue weighted by molar-refractivity contribution is 6.08. The number of hydrogen-bond donors (Lipinski definition) is 1. The van der Waals surface area contributed by atoms with Crippen LogP contribution >= 0.6 is 0 Å². The van der Waals surface area contributed by atoms with Crippen molar-refractivity contribution in [2.75, 3.05) is 6.61 Å². The van der Waals surface area contributed by atoms with E-state index in [1.54, 1.807) is 13.0 Å². The fraction of sp³-hybridized carbons (Fsp3) is 0.625. The van der Waals surface area contributed by atoms with Gasteiger partial charge < -0.3 is 23.9 Å². The topological polar surface area (TPSA) is 155 Å². The van der Waals surface area contributed by atoms with E-state index in [4.69, 9.17) is 18.8 Å². The van der Waals surface area contributed by atoms with Crippen molar-refractivity contribution >= 4 is 29.2 Å². The Hall–Kier alpha value is -3.60. The smallest absolute Gasteiger partial charge is 0.308 e. The highest BCUT2D eigenvalue weighted by Gasteiger charge is 2.46. The molecule has 43 heavy (non-hydrogen) atoms. The molecule has 0 bridgehead atoms. The molecular formula is C32H44N2O9. The maximum Gasteiger partial charge on any atom is 0.308 e. The van der Waals surface area contributed by atoms with Crippen molar-refractivity contribution < 1.29 is 43.1 Å². The molecule has 0 aromatic carbocycles. The second kappa shape index (κ2) is 15.7. The van der Waals surface area contributed by atoms with Gasteiger partial charge in [0.1, 0.15) is 30.9 Å². The lowest BCUT2D eigenvalue weighted by molar-refractivity contribution is -0.158. The summed E-state index contributed by atoms with van der Waals surface area (Å²) < 4.78 is 16.1. The van der Waals surface area contributed by atoms with Crippen LogP contribution in [0, 0.1) is 37.5 Å². The Labute approximate surface area is 252 Å². The molecule has 2 aliphatic rings. The van der Waals surface area contributed by atoms with Crippen LogP contribution in [0.3, 0.4) is 0 Å². The van der Waals surface area contributed by atoms with E-state index in [1.165, 1.54) is 6.08 Å². The summed E-state index contributed by atoms with van der Waals surface area (Å²) in [7, 11) is 0. The first-order chi connectivity index (χ1) is 20.5. The number of aliphatic hydroxyl groups excluding tert-OH is 1. The van der Waals surface area contributed by atoms with Crippen LogP contribution in [-0.2, 0) is 40.1 Å². The minimum absolute atomic E-state index is 0.0310. The molecule has 1 heterocycles. The van der Waals surface area contributed by atoms with Gasteiger partial charge in [0.05, 0.1) is 35.4 Å². The average Bonchev–Trinajstić information content (AvgIpc) is 3.29. The summed E-state index contributed by atoms with van der Waals surface area (Å²) in [6.45, 7) is 12.8. The van der Waals surface area contributed by atoms with Crippen LogP contribution in [0.5, 0.6) is 0 Å². The van der Waals surface area contributed by atoms with E-state index in [-0.39, 0.29) is 67.8 Å². The molecule has 0 amide bonds.